The van der Waals surface area contributed by atoms with Gasteiger partial charge in [-0.2, -0.15) is 0 Å². The van der Waals surface area contributed by atoms with Gasteiger partial charge < -0.3 is 20.1 Å². The highest BCUT2D eigenvalue weighted by atomic mass is 16.5. The van der Waals surface area contributed by atoms with Gasteiger partial charge in [0.25, 0.3) is 5.91 Å². The van der Waals surface area contributed by atoms with Crippen LogP contribution in [-0.4, -0.2) is 42.7 Å². The lowest BCUT2D eigenvalue weighted by Gasteiger charge is -2.38. The Hall–Kier alpha value is -2.37. The Kier molecular flexibility index (Phi) is 5.38. The molecule has 1 unspecified atom stereocenters. The van der Waals surface area contributed by atoms with Crippen molar-refractivity contribution in [1.82, 2.24) is 10.2 Å². The highest BCUT2D eigenvalue weighted by Gasteiger charge is 2.36. The summed E-state index contributed by atoms with van der Waals surface area (Å²) in [5, 5.41) is 13.0. The fraction of sp³-hybridized carbons (Fsp3) is 0.435. The molecule has 1 atom stereocenters. The second-order valence-corrected chi connectivity index (χ2v) is 8.24. The summed E-state index contributed by atoms with van der Waals surface area (Å²) in [5.74, 6) is 1.13. The molecule has 1 fully saturated rings. The van der Waals surface area contributed by atoms with E-state index in [4.69, 9.17) is 4.74 Å². The lowest BCUT2D eigenvalue weighted by Crippen LogP contribution is -2.41. The number of aliphatic hydroxyl groups excluding tert-OH is 1. The van der Waals surface area contributed by atoms with E-state index in [9.17, 15) is 9.90 Å². The number of rotatable bonds is 6. The van der Waals surface area contributed by atoms with Crippen LogP contribution in [0.3, 0.4) is 0 Å². The Bertz CT molecular complexity index is 859. The number of carbonyl (C=O) groups is 1. The van der Waals surface area contributed by atoms with Crippen molar-refractivity contribution in [2.75, 3.05) is 20.7 Å². The summed E-state index contributed by atoms with van der Waals surface area (Å²) >= 11 is 0. The van der Waals surface area contributed by atoms with Crippen molar-refractivity contribution in [2.24, 2.45) is 5.92 Å². The molecular formula is C23H28N2O3. The van der Waals surface area contributed by atoms with Crippen LogP contribution in [0.2, 0.25) is 0 Å². The average molecular weight is 380 g/mol. The second-order valence-electron chi connectivity index (χ2n) is 8.24. The van der Waals surface area contributed by atoms with Gasteiger partial charge in [0.1, 0.15) is 5.75 Å². The molecule has 0 radical (unpaired) electrons. The standard InChI is InChI=1S/C23H28N2O3/c1-25(2)14-15-4-3-5-18(10-15)23(27)24-22(19-12-20(26)13-19)17-6-7-21-16(11-17)8-9-28-21/h3-7,10-11,19-20,22,26H,8-9,12-14H2,1-2H3,(H,24,27). The molecule has 4 rings (SSSR count). The van der Waals surface area contributed by atoms with Crippen LogP contribution in [0.4, 0.5) is 0 Å². The van der Waals surface area contributed by atoms with Crippen molar-refractivity contribution in [1.29, 1.82) is 0 Å². The van der Waals surface area contributed by atoms with Crippen molar-refractivity contribution >= 4 is 5.91 Å². The topological polar surface area (TPSA) is 61.8 Å². The third-order valence-electron chi connectivity index (χ3n) is 5.67. The number of hydrogen-bond donors (Lipinski definition) is 2. The Morgan fingerprint density at radius 3 is 2.82 bits per heavy atom. The zero-order chi connectivity index (χ0) is 19.7. The summed E-state index contributed by atoms with van der Waals surface area (Å²) in [6.45, 7) is 1.51. The Morgan fingerprint density at radius 1 is 1.25 bits per heavy atom. The minimum absolute atomic E-state index is 0.0660. The Labute approximate surface area is 166 Å². The minimum Gasteiger partial charge on any atom is -0.493 e. The number of fused-ring (bicyclic) bond motifs is 1. The second kappa shape index (κ2) is 7.94. The predicted molar refractivity (Wildman–Crippen MR) is 108 cm³/mol. The van der Waals surface area contributed by atoms with Crippen molar-refractivity contribution in [2.45, 2.75) is 38.0 Å². The number of hydrogen-bond acceptors (Lipinski definition) is 4. The average Bonchev–Trinajstić information content (AvgIpc) is 3.11. The smallest absolute Gasteiger partial charge is 0.251 e. The van der Waals surface area contributed by atoms with E-state index in [1.165, 1.54) is 5.56 Å². The van der Waals surface area contributed by atoms with E-state index < -0.39 is 0 Å². The predicted octanol–water partition coefficient (Wildman–Crippen LogP) is 2.93. The highest BCUT2D eigenvalue weighted by Crippen LogP contribution is 2.40. The zero-order valence-corrected chi connectivity index (χ0v) is 16.5. The van der Waals surface area contributed by atoms with Crippen LogP contribution in [0.1, 0.15) is 45.9 Å². The number of benzene rings is 2. The molecule has 2 N–H and O–H groups in total. The molecule has 1 amide bonds. The lowest BCUT2D eigenvalue weighted by molar-refractivity contribution is 0.0235. The molecule has 0 saturated heterocycles. The van der Waals surface area contributed by atoms with Gasteiger partial charge in [0.2, 0.25) is 0 Å². The van der Waals surface area contributed by atoms with Gasteiger partial charge in [0.05, 0.1) is 18.8 Å². The van der Waals surface area contributed by atoms with Gasteiger partial charge in [-0.25, -0.2) is 0 Å². The molecule has 148 valence electrons. The molecule has 0 aromatic heterocycles. The van der Waals surface area contributed by atoms with Gasteiger partial charge >= 0.3 is 0 Å². The van der Waals surface area contributed by atoms with E-state index in [2.05, 4.69) is 16.3 Å². The molecule has 5 nitrogen and oxygen atoms in total. The Balaban J connectivity index is 1.55. The van der Waals surface area contributed by atoms with Gasteiger partial charge in [0, 0.05) is 18.5 Å². The minimum atomic E-state index is -0.259. The molecule has 1 aliphatic carbocycles. The quantitative estimate of drug-likeness (QED) is 0.809. The molecule has 0 bridgehead atoms. The summed E-state index contributed by atoms with van der Waals surface area (Å²) in [6, 6.07) is 13.9. The first kappa shape index (κ1) is 19.0. The summed E-state index contributed by atoms with van der Waals surface area (Å²) in [4.78, 5) is 15.1. The molecule has 2 aromatic carbocycles. The molecule has 5 heteroatoms. The third-order valence-corrected chi connectivity index (χ3v) is 5.67. The fourth-order valence-corrected chi connectivity index (χ4v) is 4.18. The SMILES string of the molecule is CN(C)Cc1cccc(C(=O)NC(c2ccc3c(c2)CCO3)C2CC(O)C2)c1. The first-order chi connectivity index (χ1) is 13.5. The van der Waals surface area contributed by atoms with Gasteiger partial charge in [-0.1, -0.05) is 18.2 Å². The maximum Gasteiger partial charge on any atom is 0.251 e. The maximum atomic E-state index is 13.0. The number of ether oxygens (including phenoxy) is 1. The molecule has 0 spiro atoms. The first-order valence-electron chi connectivity index (χ1n) is 9.98. The molecule has 1 heterocycles. The first-order valence-corrected chi connectivity index (χ1v) is 9.98. The molecule has 1 saturated carbocycles. The van der Waals surface area contributed by atoms with Crippen LogP contribution in [0.15, 0.2) is 42.5 Å². The van der Waals surface area contributed by atoms with Gasteiger partial charge in [-0.3, -0.25) is 4.79 Å². The highest BCUT2D eigenvalue weighted by molar-refractivity contribution is 5.94. The summed E-state index contributed by atoms with van der Waals surface area (Å²) in [6.07, 6.45) is 2.09. The van der Waals surface area contributed by atoms with Crippen LogP contribution in [0.5, 0.6) is 5.75 Å². The number of aliphatic hydroxyl groups is 1. The van der Waals surface area contributed by atoms with Crippen LogP contribution in [0, 0.1) is 5.92 Å². The van der Waals surface area contributed by atoms with E-state index in [1.54, 1.807) is 0 Å². The molecule has 28 heavy (non-hydrogen) atoms. The number of nitrogens with one attached hydrogen (secondary N) is 1. The number of nitrogens with zero attached hydrogens (tertiary/aromatic N) is 1. The van der Waals surface area contributed by atoms with E-state index in [-0.39, 0.29) is 24.0 Å². The van der Waals surface area contributed by atoms with Crippen LogP contribution >= 0.6 is 0 Å². The van der Waals surface area contributed by atoms with E-state index >= 15 is 0 Å². The van der Waals surface area contributed by atoms with Crippen molar-refractivity contribution in [3.05, 3.63) is 64.7 Å². The van der Waals surface area contributed by atoms with Crippen molar-refractivity contribution < 1.29 is 14.6 Å². The molecule has 2 aliphatic rings. The Morgan fingerprint density at radius 2 is 2.07 bits per heavy atom. The monoisotopic (exact) mass is 380 g/mol. The van der Waals surface area contributed by atoms with Crippen LogP contribution < -0.4 is 10.1 Å². The van der Waals surface area contributed by atoms with Crippen LogP contribution in [0.25, 0.3) is 0 Å². The van der Waals surface area contributed by atoms with Gasteiger partial charge in [-0.05, 0) is 73.8 Å². The van der Waals surface area contributed by atoms with E-state index in [0.717, 1.165) is 49.3 Å². The zero-order valence-electron chi connectivity index (χ0n) is 16.5. The summed E-state index contributed by atoms with van der Waals surface area (Å²) in [5.41, 5.74) is 4.08. The largest absolute Gasteiger partial charge is 0.493 e. The fourth-order valence-electron chi connectivity index (χ4n) is 4.18. The maximum absolute atomic E-state index is 13.0. The molecular weight excluding hydrogens is 352 g/mol. The molecule has 1 aliphatic heterocycles. The van der Waals surface area contributed by atoms with Crippen molar-refractivity contribution in [3.63, 3.8) is 0 Å². The number of carbonyl (C=O) groups excluding carboxylic acids is 1. The lowest BCUT2D eigenvalue weighted by atomic mass is 9.74. The normalized spacial score (nSPS) is 21.6. The van der Waals surface area contributed by atoms with E-state index in [0.29, 0.717) is 5.56 Å². The van der Waals surface area contributed by atoms with Gasteiger partial charge in [0.15, 0.2) is 0 Å². The van der Waals surface area contributed by atoms with Crippen molar-refractivity contribution in [3.8, 4) is 5.75 Å². The molecule has 2 aromatic rings. The van der Waals surface area contributed by atoms with E-state index in [1.807, 2.05) is 50.5 Å². The third kappa shape index (κ3) is 4.05. The number of amides is 1. The summed E-state index contributed by atoms with van der Waals surface area (Å²) < 4.78 is 5.61. The summed E-state index contributed by atoms with van der Waals surface area (Å²) in [7, 11) is 4.03. The van der Waals surface area contributed by atoms with Crippen LogP contribution in [-0.2, 0) is 13.0 Å². The van der Waals surface area contributed by atoms with Gasteiger partial charge in [-0.15, -0.1) is 0 Å².